The highest BCUT2D eigenvalue weighted by Crippen LogP contribution is 2.33. The summed E-state index contributed by atoms with van der Waals surface area (Å²) in [4.78, 5) is 8.46. The fourth-order valence-corrected chi connectivity index (χ4v) is 2.32. The van der Waals surface area contributed by atoms with E-state index < -0.39 is 0 Å². The smallest absolute Gasteiger partial charge is 0.228 e. The SMILES string of the molecule is CNC(Cc1nc(Cc2ccncc2)no1)C1CC1. The average molecular weight is 258 g/mol. The number of aromatic nitrogens is 3. The number of nitrogens with zero attached hydrogens (tertiary/aromatic N) is 3. The van der Waals surface area contributed by atoms with Crippen LogP contribution in [0.4, 0.5) is 0 Å². The molecule has 0 aliphatic heterocycles. The van der Waals surface area contributed by atoms with E-state index in [2.05, 4.69) is 20.4 Å². The van der Waals surface area contributed by atoms with Gasteiger partial charge in [0.1, 0.15) is 0 Å². The van der Waals surface area contributed by atoms with Crippen LogP contribution in [0.3, 0.4) is 0 Å². The molecule has 19 heavy (non-hydrogen) atoms. The van der Waals surface area contributed by atoms with E-state index in [0.29, 0.717) is 12.5 Å². The van der Waals surface area contributed by atoms with Gasteiger partial charge < -0.3 is 9.84 Å². The Morgan fingerprint density at radius 2 is 2.16 bits per heavy atom. The lowest BCUT2D eigenvalue weighted by molar-refractivity contribution is 0.349. The minimum atomic E-state index is 0.467. The maximum atomic E-state index is 5.33. The van der Waals surface area contributed by atoms with Gasteiger partial charge in [0, 0.05) is 31.3 Å². The van der Waals surface area contributed by atoms with Crippen molar-refractivity contribution in [2.75, 3.05) is 7.05 Å². The molecule has 3 rings (SSSR count). The van der Waals surface area contributed by atoms with Gasteiger partial charge in [0.15, 0.2) is 5.82 Å². The lowest BCUT2D eigenvalue weighted by Crippen LogP contribution is -2.29. The van der Waals surface area contributed by atoms with Crippen LogP contribution >= 0.6 is 0 Å². The molecule has 2 aromatic rings. The van der Waals surface area contributed by atoms with Crippen molar-refractivity contribution < 1.29 is 4.52 Å². The Morgan fingerprint density at radius 3 is 2.84 bits per heavy atom. The third-order valence-corrected chi connectivity index (χ3v) is 3.58. The van der Waals surface area contributed by atoms with Gasteiger partial charge in [0.2, 0.25) is 5.89 Å². The number of hydrogen-bond donors (Lipinski definition) is 1. The lowest BCUT2D eigenvalue weighted by Gasteiger charge is -2.11. The number of rotatable bonds is 6. The third-order valence-electron chi connectivity index (χ3n) is 3.58. The lowest BCUT2D eigenvalue weighted by atomic mass is 10.1. The van der Waals surface area contributed by atoms with Gasteiger partial charge in [0.05, 0.1) is 0 Å². The predicted octanol–water partition coefficient (Wildman–Crippen LogP) is 1.60. The highest BCUT2D eigenvalue weighted by Gasteiger charge is 2.31. The molecule has 1 unspecified atom stereocenters. The summed E-state index contributed by atoms with van der Waals surface area (Å²) in [7, 11) is 2.00. The summed E-state index contributed by atoms with van der Waals surface area (Å²) >= 11 is 0. The molecule has 1 N–H and O–H groups in total. The summed E-state index contributed by atoms with van der Waals surface area (Å²) in [5.74, 6) is 2.25. The molecule has 100 valence electrons. The number of nitrogens with one attached hydrogen (secondary N) is 1. The molecule has 1 fully saturated rings. The molecular weight excluding hydrogens is 240 g/mol. The third kappa shape index (κ3) is 3.17. The van der Waals surface area contributed by atoms with Crippen LogP contribution in [0.15, 0.2) is 29.0 Å². The number of pyridine rings is 1. The number of hydrogen-bond acceptors (Lipinski definition) is 5. The normalized spacial score (nSPS) is 16.5. The van der Waals surface area contributed by atoms with Crippen molar-refractivity contribution in [3.63, 3.8) is 0 Å². The van der Waals surface area contributed by atoms with E-state index in [0.717, 1.165) is 29.6 Å². The van der Waals surface area contributed by atoms with Crippen molar-refractivity contribution in [3.8, 4) is 0 Å². The van der Waals surface area contributed by atoms with Crippen LogP contribution in [0.2, 0.25) is 0 Å². The quantitative estimate of drug-likeness (QED) is 0.852. The van der Waals surface area contributed by atoms with Crippen molar-refractivity contribution >= 4 is 0 Å². The van der Waals surface area contributed by atoms with Crippen LogP contribution in [0.1, 0.15) is 30.1 Å². The van der Waals surface area contributed by atoms with E-state index in [1.165, 1.54) is 12.8 Å². The first kappa shape index (κ1) is 12.3. The molecule has 1 aliphatic rings. The second-order valence-electron chi connectivity index (χ2n) is 5.07. The number of likely N-dealkylation sites (N-methyl/N-ethyl adjacent to an activating group) is 1. The molecule has 5 nitrogen and oxygen atoms in total. The maximum Gasteiger partial charge on any atom is 0.228 e. The zero-order chi connectivity index (χ0) is 13.1. The molecule has 1 atom stereocenters. The van der Waals surface area contributed by atoms with E-state index in [9.17, 15) is 0 Å². The zero-order valence-corrected chi connectivity index (χ0v) is 11.0. The van der Waals surface area contributed by atoms with Crippen LogP contribution < -0.4 is 5.32 Å². The molecule has 0 radical (unpaired) electrons. The Kier molecular flexibility index (Phi) is 3.55. The largest absolute Gasteiger partial charge is 0.339 e. The van der Waals surface area contributed by atoms with Gasteiger partial charge in [-0.3, -0.25) is 4.98 Å². The Hall–Kier alpha value is -1.75. The summed E-state index contributed by atoms with van der Waals surface area (Å²) in [6.45, 7) is 0. The molecule has 1 saturated carbocycles. The topological polar surface area (TPSA) is 63.8 Å². The second-order valence-corrected chi connectivity index (χ2v) is 5.07. The van der Waals surface area contributed by atoms with Crippen LogP contribution in [0.25, 0.3) is 0 Å². The fraction of sp³-hybridized carbons (Fsp3) is 0.500. The van der Waals surface area contributed by atoms with Gasteiger partial charge in [-0.1, -0.05) is 5.16 Å². The minimum absolute atomic E-state index is 0.467. The van der Waals surface area contributed by atoms with Gasteiger partial charge >= 0.3 is 0 Å². The monoisotopic (exact) mass is 258 g/mol. The van der Waals surface area contributed by atoms with Crippen LogP contribution in [-0.2, 0) is 12.8 Å². The van der Waals surface area contributed by atoms with E-state index in [1.54, 1.807) is 12.4 Å². The standard InChI is InChI=1S/C14H18N4O/c1-15-12(11-2-3-11)9-14-17-13(18-19-14)8-10-4-6-16-7-5-10/h4-7,11-12,15H,2-3,8-9H2,1H3. The fourth-order valence-electron chi connectivity index (χ4n) is 2.32. The van der Waals surface area contributed by atoms with Crippen molar-refractivity contribution in [2.24, 2.45) is 5.92 Å². The van der Waals surface area contributed by atoms with Crippen LogP contribution in [0.5, 0.6) is 0 Å². The Labute approximate surface area is 112 Å². The Bertz CT molecular complexity index is 521. The minimum Gasteiger partial charge on any atom is -0.339 e. The summed E-state index contributed by atoms with van der Waals surface area (Å²) in [5, 5.41) is 7.38. The Balaban J connectivity index is 1.62. The van der Waals surface area contributed by atoms with Crippen molar-refractivity contribution in [1.82, 2.24) is 20.4 Å². The molecule has 0 bridgehead atoms. The van der Waals surface area contributed by atoms with Crippen molar-refractivity contribution in [2.45, 2.75) is 31.7 Å². The molecule has 0 amide bonds. The first-order valence-corrected chi connectivity index (χ1v) is 6.73. The zero-order valence-electron chi connectivity index (χ0n) is 11.0. The highest BCUT2D eigenvalue weighted by atomic mass is 16.5. The van der Waals surface area contributed by atoms with Crippen molar-refractivity contribution in [3.05, 3.63) is 41.8 Å². The first-order valence-electron chi connectivity index (χ1n) is 6.73. The van der Waals surface area contributed by atoms with Crippen LogP contribution in [-0.4, -0.2) is 28.2 Å². The molecule has 5 heteroatoms. The van der Waals surface area contributed by atoms with Gasteiger partial charge in [0.25, 0.3) is 0 Å². The summed E-state index contributed by atoms with van der Waals surface area (Å²) < 4.78 is 5.33. The van der Waals surface area contributed by atoms with Gasteiger partial charge in [-0.25, -0.2) is 0 Å². The van der Waals surface area contributed by atoms with E-state index >= 15 is 0 Å². The predicted molar refractivity (Wildman–Crippen MR) is 70.6 cm³/mol. The maximum absolute atomic E-state index is 5.33. The van der Waals surface area contributed by atoms with E-state index in [4.69, 9.17) is 4.52 Å². The van der Waals surface area contributed by atoms with Gasteiger partial charge in [-0.2, -0.15) is 4.98 Å². The molecule has 0 aromatic carbocycles. The molecule has 0 saturated heterocycles. The first-order chi connectivity index (χ1) is 9.35. The molecule has 2 heterocycles. The summed E-state index contributed by atoms with van der Waals surface area (Å²) in [6.07, 6.45) is 7.69. The molecule has 2 aromatic heterocycles. The summed E-state index contributed by atoms with van der Waals surface area (Å²) in [6, 6.07) is 4.40. The summed E-state index contributed by atoms with van der Waals surface area (Å²) in [5.41, 5.74) is 1.15. The van der Waals surface area contributed by atoms with Gasteiger partial charge in [-0.15, -0.1) is 0 Å². The van der Waals surface area contributed by atoms with E-state index in [-0.39, 0.29) is 0 Å². The molecular formula is C14H18N4O. The molecule has 1 aliphatic carbocycles. The van der Waals surface area contributed by atoms with Gasteiger partial charge in [-0.05, 0) is 43.5 Å². The van der Waals surface area contributed by atoms with Crippen LogP contribution in [0, 0.1) is 5.92 Å². The van der Waals surface area contributed by atoms with E-state index in [1.807, 2.05) is 19.2 Å². The average Bonchev–Trinajstić information content (AvgIpc) is 3.19. The van der Waals surface area contributed by atoms with Crippen molar-refractivity contribution in [1.29, 1.82) is 0 Å². The highest BCUT2D eigenvalue weighted by molar-refractivity contribution is 5.14. The Morgan fingerprint density at radius 1 is 1.37 bits per heavy atom. The second kappa shape index (κ2) is 5.48. The molecule has 0 spiro atoms.